The molecule has 0 fully saturated rings. The molecule has 0 saturated heterocycles. The minimum Gasteiger partial charge on any atom is -0.481 e. The summed E-state index contributed by atoms with van der Waals surface area (Å²) in [6, 6.07) is -0.623. The topological polar surface area (TPSA) is 92.7 Å². The van der Waals surface area contributed by atoms with Gasteiger partial charge in [-0.1, -0.05) is 33.4 Å². The third-order valence-electron chi connectivity index (χ3n) is 3.10. The van der Waals surface area contributed by atoms with E-state index in [2.05, 4.69) is 11.9 Å². The maximum atomic E-state index is 12.1. The number of ether oxygens (including phenoxy) is 1. The van der Waals surface area contributed by atoms with E-state index >= 15 is 0 Å². The standard InChI is InChI=1S/C15H25NO5/c1-5-9-21-15(20)16-13(10(2)3)12(17)8-6-7-11(4)14(18)19/h5,10-11,13H,1,6-9H2,2-4H3,(H,16,20)(H,18,19). The van der Waals surface area contributed by atoms with Crippen LogP contribution < -0.4 is 5.32 Å². The lowest BCUT2D eigenvalue weighted by Gasteiger charge is -2.20. The summed E-state index contributed by atoms with van der Waals surface area (Å²) in [6.07, 6.45) is 1.95. The number of aliphatic carboxylic acids is 1. The van der Waals surface area contributed by atoms with E-state index < -0.39 is 24.0 Å². The molecule has 0 heterocycles. The van der Waals surface area contributed by atoms with Gasteiger partial charge in [-0.25, -0.2) is 4.79 Å². The van der Waals surface area contributed by atoms with Gasteiger partial charge in [0.25, 0.3) is 0 Å². The Morgan fingerprint density at radius 1 is 1.29 bits per heavy atom. The van der Waals surface area contributed by atoms with Crippen LogP contribution in [-0.4, -0.2) is 35.6 Å². The molecule has 6 nitrogen and oxygen atoms in total. The number of carbonyl (C=O) groups excluding carboxylic acids is 2. The summed E-state index contributed by atoms with van der Waals surface area (Å²) in [6.45, 7) is 8.79. The fraction of sp³-hybridized carbons (Fsp3) is 0.667. The lowest BCUT2D eigenvalue weighted by atomic mass is 9.95. The number of amides is 1. The van der Waals surface area contributed by atoms with Crippen LogP contribution in [0.15, 0.2) is 12.7 Å². The quantitative estimate of drug-likeness (QED) is 0.604. The molecule has 2 N–H and O–H groups in total. The molecule has 120 valence electrons. The van der Waals surface area contributed by atoms with E-state index in [1.165, 1.54) is 6.08 Å². The summed E-state index contributed by atoms with van der Waals surface area (Å²) >= 11 is 0. The monoisotopic (exact) mass is 299 g/mol. The molecule has 0 rings (SSSR count). The minimum atomic E-state index is -0.867. The molecule has 0 saturated carbocycles. The van der Waals surface area contributed by atoms with Crippen molar-refractivity contribution in [1.29, 1.82) is 0 Å². The van der Waals surface area contributed by atoms with Crippen LogP contribution in [0.1, 0.15) is 40.0 Å². The first-order valence-corrected chi connectivity index (χ1v) is 7.09. The number of rotatable bonds is 10. The third-order valence-corrected chi connectivity index (χ3v) is 3.10. The van der Waals surface area contributed by atoms with Gasteiger partial charge in [0, 0.05) is 6.42 Å². The van der Waals surface area contributed by atoms with Gasteiger partial charge >= 0.3 is 12.1 Å². The molecule has 0 aliphatic rings. The Hall–Kier alpha value is -1.85. The smallest absolute Gasteiger partial charge is 0.408 e. The number of hydrogen-bond donors (Lipinski definition) is 2. The van der Waals surface area contributed by atoms with Gasteiger partial charge in [-0.15, -0.1) is 0 Å². The van der Waals surface area contributed by atoms with Crippen molar-refractivity contribution in [2.75, 3.05) is 6.61 Å². The zero-order valence-electron chi connectivity index (χ0n) is 12.9. The number of alkyl carbamates (subject to hydrolysis) is 1. The van der Waals surface area contributed by atoms with Crippen molar-refractivity contribution in [3.05, 3.63) is 12.7 Å². The number of ketones is 1. The fourth-order valence-electron chi connectivity index (χ4n) is 1.78. The van der Waals surface area contributed by atoms with E-state index in [1.807, 2.05) is 13.8 Å². The number of carbonyl (C=O) groups is 3. The van der Waals surface area contributed by atoms with Crippen molar-refractivity contribution < 1.29 is 24.2 Å². The molecule has 21 heavy (non-hydrogen) atoms. The number of carboxylic acid groups (broad SMARTS) is 1. The van der Waals surface area contributed by atoms with E-state index in [-0.39, 0.29) is 24.7 Å². The first kappa shape index (κ1) is 19.1. The van der Waals surface area contributed by atoms with Gasteiger partial charge in [-0.05, 0) is 18.8 Å². The van der Waals surface area contributed by atoms with E-state index in [9.17, 15) is 14.4 Å². The molecule has 2 unspecified atom stereocenters. The van der Waals surface area contributed by atoms with E-state index in [1.54, 1.807) is 6.92 Å². The number of hydrogen-bond acceptors (Lipinski definition) is 4. The van der Waals surface area contributed by atoms with E-state index in [0.29, 0.717) is 12.8 Å². The lowest BCUT2D eigenvalue weighted by Crippen LogP contribution is -2.44. The molecule has 0 aromatic rings. The van der Waals surface area contributed by atoms with E-state index in [0.717, 1.165) is 0 Å². The maximum Gasteiger partial charge on any atom is 0.408 e. The summed E-state index contributed by atoms with van der Waals surface area (Å²) in [5.41, 5.74) is 0. The van der Waals surface area contributed by atoms with Crippen molar-refractivity contribution in [3.8, 4) is 0 Å². The molecule has 0 bridgehead atoms. The third kappa shape index (κ3) is 8.12. The molecule has 1 amide bonds. The van der Waals surface area contributed by atoms with Gasteiger partial charge in [0.15, 0.2) is 5.78 Å². The highest BCUT2D eigenvalue weighted by Gasteiger charge is 2.24. The van der Waals surface area contributed by atoms with Crippen molar-refractivity contribution >= 4 is 17.8 Å². The molecule has 0 aromatic carbocycles. The molecule has 0 aliphatic carbocycles. The Labute approximate surface area is 125 Å². The van der Waals surface area contributed by atoms with Gasteiger partial charge in [0.1, 0.15) is 6.61 Å². The van der Waals surface area contributed by atoms with Crippen molar-refractivity contribution in [2.24, 2.45) is 11.8 Å². The fourth-order valence-corrected chi connectivity index (χ4v) is 1.78. The molecule has 0 radical (unpaired) electrons. The number of Topliss-reactive ketones (excluding diaryl/α,β-unsaturated/α-hetero) is 1. The number of nitrogens with one attached hydrogen (secondary N) is 1. The highest BCUT2D eigenvalue weighted by Crippen LogP contribution is 2.12. The van der Waals surface area contributed by atoms with Crippen LogP contribution >= 0.6 is 0 Å². The highest BCUT2D eigenvalue weighted by molar-refractivity contribution is 5.87. The Morgan fingerprint density at radius 2 is 1.90 bits per heavy atom. The average molecular weight is 299 g/mol. The predicted molar refractivity (Wildman–Crippen MR) is 79.0 cm³/mol. The van der Waals surface area contributed by atoms with Gasteiger partial charge in [0.05, 0.1) is 12.0 Å². The summed E-state index contributed by atoms with van der Waals surface area (Å²) < 4.78 is 4.80. The van der Waals surface area contributed by atoms with Crippen LogP contribution in [0.4, 0.5) is 4.79 Å². The predicted octanol–water partition coefficient (Wildman–Crippen LogP) is 2.38. The molecule has 0 aliphatic heterocycles. The molecular weight excluding hydrogens is 274 g/mol. The first-order chi connectivity index (χ1) is 9.79. The van der Waals surface area contributed by atoms with Crippen LogP contribution in [0.3, 0.4) is 0 Å². The largest absolute Gasteiger partial charge is 0.481 e. The lowest BCUT2D eigenvalue weighted by molar-refractivity contribution is -0.141. The number of carboxylic acids is 1. The molecular formula is C15H25NO5. The summed E-state index contributed by atoms with van der Waals surface area (Å²) in [5, 5.41) is 11.3. The Bertz CT molecular complexity index is 378. The van der Waals surface area contributed by atoms with Gasteiger partial charge in [-0.3, -0.25) is 9.59 Å². The minimum absolute atomic E-state index is 0.0642. The van der Waals surface area contributed by atoms with Crippen LogP contribution in [0.5, 0.6) is 0 Å². The molecule has 2 atom stereocenters. The highest BCUT2D eigenvalue weighted by atomic mass is 16.5. The SMILES string of the molecule is C=CCOC(=O)NC(C(=O)CCCC(C)C(=O)O)C(C)C. The van der Waals surface area contributed by atoms with Crippen molar-refractivity contribution in [3.63, 3.8) is 0 Å². The van der Waals surface area contributed by atoms with Crippen molar-refractivity contribution in [1.82, 2.24) is 5.32 Å². The van der Waals surface area contributed by atoms with Gasteiger partial charge in [-0.2, -0.15) is 0 Å². The Balaban J connectivity index is 4.33. The second-order valence-electron chi connectivity index (χ2n) is 5.35. The Kier molecular flexibility index (Phi) is 9.08. The molecule has 0 spiro atoms. The van der Waals surface area contributed by atoms with Crippen LogP contribution in [-0.2, 0) is 14.3 Å². The summed E-state index contributed by atoms with van der Waals surface area (Å²) in [4.78, 5) is 34.3. The van der Waals surface area contributed by atoms with Gasteiger partial charge < -0.3 is 15.2 Å². The second kappa shape index (κ2) is 9.96. The zero-order chi connectivity index (χ0) is 16.4. The second-order valence-corrected chi connectivity index (χ2v) is 5.35. The van der Waals surface area contributed by atoms with Crippen LogP contribution in [0, 0.1) is 11.8 Å². The van der Waals surface area contributed by atoms with Crippen LogP contribution in [0.25, 0.3) is 0 Å². The van der Waals surface area contributed by atoms with Crippen LogP contribution in [0.2, 0.25) is 0 Å². The maximum absolute atomic E-state index is 12.1. The summed E-state index contributed by atoms with van der Waals surface area (Å²) in [7, 11) is 0. The molecule has 0 aromatic heterocycles. The normalized spacial score (nSPS) is 13.3. The first-order valence-electron chi connectivity index (χ1n) is 7.09. The van der Waals surface area contributed by atoms with E-state index in [4.69, 9.17) is 9.84 Å². The zero-order valence-corrected chi connectivity index (χ0v) is 12.9. The molecule has 6 heteroatoms. The Morgan fingerprint density at radius 3 is 2.38 bits per heavy atom. The van der Waals surface area contributed by atoms with Gasteiger partial charge in [0.2, 0.25) is 0 Å². The van der Waals surface area contributed by atoms with Crippen molar-refractivity contribution in [2.45, 2.75) is 46.1 Å². The summed E-state index contributed by atoms with van der Waals surface area (Å²) in [5.74, 6) is -1.52. The average Bonchev–Trinajstić information content (AvgIpc) is 2.41.